The molecule has 12 aromatic carbocycles. The van der Waals surface area contributed by atoms with Gasteiger partial charge in [0.25, 0.3) is 35.8 Å². The number of aromatic hydroxyl groups is 3. The number of hydrogen-bond acceptors (Lipinski definition) is 19. The Morgan fingerprint density at radius 2 is 0.766 bits per heavy atom. The third-order valence-corrected chi connectivity index (χ3v) is 23.3. The van der Waals surface area contributed by atoms with Gasteiger partial charge in [0, 0.05) is 38.4 Å². The molecule has 0 atom stereocenters. The first-order chi connectivity index (χ1) is 51.0. The average Bonchev–Trinajstić information content (AvgIpc) is 0.781. The Balaban J connectivity index is 0.000000172. The van der Waals surface area contributed by atoms with E-state index >= 15 is 0 Å². The Morgan fingerprint density at radius 3 is 1.14 bits per heavy atom. The topological polar surface area (TPSA) is 321 Å². The number of sulfonamides is 3. The van der Waals surface area contributed by atoms with Crippen LogP contribution in [0.5, 0.6) is 28.7 Å². The fourth-order valence-corrected chi connectivity index (χ4v) is 16.4. The van der Waals surface area contributed by atoms with Crippen LogP contribution in [0.25, 0.3) is 65.7 Å². The summed E-state index contributed by atoms with van der Waals surface area (Å²) in [5.41, 5.74) is 4.01. The fraction of sp³-hybridized carbons (Fsp3) is 0.0886. The second-order valence-corrected chi connectivity index (χ2v) is 31.5. The highest BCUT2D eigenvalue weighted by Gasteiger charge is 2.26. The molecule has 0 bridgehead atoms. The predicted octanol–water partition coefficient (Wildman–Crippen LogP) is 19.5. The van der Waals surface area contributed by atoms with Gasteiger partial charge in [0.2, 0.25) is 0 Å². The summed E-state index contributed by atoms with van der Waals surface area (Å²) >= 11 is 3.37. The van der Waals surface area contributed by atoms with Crippen molar-refractivity contribution in [2.24, 2.45) is 0 Å². The molecule has 0 aromatic heterocycles. The maximum Gasteiger partial charge on any atom is 0.278 e. The number of phenolic OH excluding ortho intramolecular Hbond substituents is 3. The number of nitro benzene ring substituents is 1. The number of fused-ring (bicyclic) bond motifs is 3. The zero-order valence-corrected chi connectivity index (χ0v) is 61.8. The molecule has 0 amide bonds. The molecule has 0 saturated heterocycles. The summed E-state index contributed by atoms with van der Waals surface area (Å²) in [6.07, 6.45) is 0. The number of anilines is 3. The number of rotatable bonds is 26. The molecule has 12 aromatic rings. The van der Waals surface area contributed by atoms with Gasteiger partial charge in [-0.1, -0.05) is 147 Å². The number of nitrogens with one attached hydrogen (secondary N) is 3. The van der Waals surface area contributed by atoms with E-state index in [1.807, 2.05) is 31.2 Å². The molecule has 0 aliphatic heterocycles. The number of hydrogen-bond donors (Lipinski definition) is 9. The summed E-state index contributed by atoms with van der Waals surface area (Å²) in [5, 5.41) is 74.9. The van der Waals surface area contributed by atoms with Crippen molar-refractivity contribution in [3.63, 3.8) is 0 Å². The van der Waals surface area contributed by atoms with Crippen molar-refractivity contribution in [1.29, 1.82) is 0 Å². The van der Waals surface area contributed by atoms with Crippen LogP contribution >= 0.6 is 35.3 Å². The first-order valence-corrected chi connectivity index (χ1v) is 39.7. The molecule has 107 heavy (non-hydrogen) atoms. The van der Waals surface area contributed by atoms with Gasteiger partial charge in [0.15, 0.2) is 11.6 Å². The van der Waals surface area contributed by atoms with E-state index in [0.717, 1.165) is 58.6 Å². The van der Waals surface area contributed by atoms with Crippen molar-refractivity contribution in [2.75, 3.05) is 44.6 Å². The Kier molecular flexibility index (Phi) is 25.0. The van der Waals surface area contributed by atoms with E-state index in [1.54, 1.807) is 134 Å². The van der Waals surface area contributed by atoms with Crippen LogP contribution in [0.4, 0.5) is 31.5 Å². The van der Waals surface area contributed by atoms with E-state index in [2.05, 4.69) is 33.9 Å². The molecule has 0 heterocycles. The van der Waals surface area contributed by atoms with Gasteiger partial charge in [-0.3, -0.25) is 24.3 Å². The molecule has 0 aliphatic carbocycles. The minimum absolute atomic E-state index is 0.00475. The monoisotopic (exact) mass is 1560 g/mol. The van der Waals surface area contributed by atoms with Crippen LogP contribution in [0.2, 0.25) is 0 Å². The van der Waals surface area contributed by atoms with Crippen LogP contribution in [0.3, 0.4) is 0 Å². The van der Waals surface area contributed by atoms with Gasteiger partial charge in [-0.2, -0.15) is 0 Å². The number of nitro groups is 1. The van der Waals surface area contributed by atoms with Crippen molar-refractivity contribution in [3.05, 3.63) is 283 Å². The van der Waals surface area contributed by atoms with Gasteiger partial charge in [-0.25, -0.2) is 34.0 Å². The van der Waals surface area contributed by atoms with Gasteiger partial charge >= 0.3 is 0 Å². The maximum atomic E-state index is 13.9. The minimum Gasteiger partial charge on any atom is -0.512 e. The summed E-state index contributed by atoms with van der Waals surface area (Å²) in [4.78, 5) is 12.0. The number of benzene rings is 12. The quantitative estimate of drug-likeness (QED) is 0.00799. The summed E-state index contributed by atoms with van der Waals surface area (Å²) in [7, 11) is -12.2. The number of nitrogens with zero attached hydrogens (tertiary/aromatic N) is 1. The lowest BCUT2D eigenvalue weighted by Crippen LogP contribution is -2.14. The first-order valence-electron chi connectivity index (χ1n) is 32.3. The molecule has 20 nitrogen and oxygen atoms in total. The standard InChI is InChI=1S/C27H24FNO5S2.C27H25NO5S2.C25H19FN2O6S2/c1-3-34-25-14-19(10-13-23(25)28)18-8-11-20(12-9-18)36(32,33)29-24-15-26(35-16-17(2)30)27(31)22-7-5-4-6-21(22)24;1-3-33-21-12-8-19(9-13-21)20-10-14-22(15-11-20)35(31,32)28-25-16-26(34-17-18(2)29)27(30)24-7-5-4-6-23(24)25;1-15(29)14-35-24-13-22(20-4-2-3-5-21(20)25(24)30)27-36(33,34)18-10-11-19(23(12-18)28(31)32)16-6-8-17(26)9-7-16/h4-15,29-31H,2-3,16H2,1H3;4-16,28-30H,2-3,17H2,1H3;2-13,27,29-30H,1,14H2. The highest BCUT2D eigenvalue weighted by molar-refractivity contribution is 8.00. The number of aliphatic hydroxyl groups excluding tert-OH is 3. The van der Waals surface area contributed by atoms with E-state index in [0.29, 0.717) is 88.3 Å². The zero-order chi connectivity index (χ0) is 76.9. The van der Waals surface area contributed by atoms with Gasteiger partial charge < -0.3 is 40.1 Å². The molecule has 12 rings (SSSR count). The highest BCUT2D eigenvalue weighted by atomic mass is 32.2. The van der Waals surface area contributed by atoms with Crippen LogP contribution < -0.4 is 23.6 Å². The Labute approximate surface area is 628 Å². The molecule has 0 radical (unpaired) electrons. The number of ether oxygens (including phenoxy) is 2. The molecule has 0 spiro atoms. The minimum atomic E-state index is -4.30. The maximum absolute atomic E-state index is 13.9. The van der Waals surface area contributed by atoms with Crippen molar-refractivity contribution in [3.8, 4) is 62.1 Å². The molecular formula is C79H68F2N4O16S6. The summed E-state index contributed by atoms with van der Waals surface area (Å²) in [5.74, 6) is 0.0347. The lowest BCUT2D eigenvalue weighted by Gasteiger charge is -2.15. The van der Waals surface area contributed by atoms with E-state index in [-0.39, 0.29) is 83.5 Å². The second-order valence-electron chi connectivity index (χ2n) is 23.4. The molecule has 0 fully saturated rings. The van der Waals surface area contributed by atoms with Gasteiger partial charge in [-0.15, -0.1) is 35.3 Å². The predicted molar refractivity (Wildman–Crippen MR) is 421 cm³/mol. The van der Waals surface area contributed by atoms with Crippen molar-refractivity contribution >= 4 is 120 Å². The van der Waals surface area contributed by atoms with Crippen molar-refractivity contribution in [1.82, 2.24) is 0 Å². The van der Waals surface area contributed by atoms with Gasteiger partial charge in [-0.05, 0) is 133 Å². The third-order valence-electron chi connectivity index (χ3n) is 15.9. The molecule has 0 aliphatic rings. The summed E-state index contributed by atoms with van der Waals surface area (Å²) < 4.78 is 125. The number of aliphatic hydroxyl groups is 3. The van der Waals surface area contributed by atoms with E-state index in [4.69, 9.17) is 9.47 Å². The zero-order valence-electron chi connectivity index (χ0n) is 56.9. The van der Waals surface area contributed by atoms with Gasteiger partial charge in [0.1, 0.15) is 28.8 Å². The molecule has 0 unspecified atom stereocenters. The molecule has 0 saturated carbocycles. The Morgan fingerprint density at radius 1 is 0.430 bits per heavy atom. The third kappa shape index (κ3) is 19.2. The van der Waals surface area contributed by atoms with Crippen LogP contribution in [-0.4, -0.2) is 91.3 Å². The van der Waals surface area contributed by atoms with Crippen LogP contribution in [0, 0.1) is 21.7 Å². The van der Waals surface area contributed by atoms with Crippen LogP contribution in [0.1, 0.15) is 13.8 Å². The Hall–Kier alpha value is -11.4. The van der Waals surface area contributed by atoms with E-state index in [9.17, 15) is 74.8 Å². The van der Waals surface area contributed by atoms with Crippen LogP contribution in [0.15, 0.2) is 291 Å². The number of thioether (sulfide) groups is 3. The molecule has 9 N–H and O–H groups in total. The van der Waals surface area contributed by atoms with Crippen molar-refractivity contribution < 1.29 is 79.1 Å². The normalized spacial score (nSPS) is 11.4. The largest absolute Gasteiger partial charge is 0.512 e. The number of phenols is 3. The van der Waals surface area contributed by atoms with Crippen molar-refractivity contribution in [2.45, 2.75) is 43.2 Å². The summed E-state index contributed by atoms with van der Waals surface area (Å²) in [6, 6.07) is 58.4. The second kappa shape index (κ2) is 34.2. The average molecular weight is 1560 g/mol. The smallest absolute Gasteiger partial charge is 0.278 e. The van der Waals surface area contributed by atoms with Crippen LogP contribution in [-0.2, 0) is 30.1 Å². The Bertz CT molecular complexity index is 5720. The first kappa shape index (κ1) is 78.2. The molecule has 550 valence electrons. The fourth-order valence-electron chi connectivity index (χ4n) is 10.9. The lowest BCUT2D eigenvalue weighted by atomic mass is 10.0. The highest BCUT2D eigenvalue weighted by Crippen LogP contribution is 2.45. The SMILES string of the molecule is C=C(O)CSc1cc(NS(=O)(=O)c2ccc(-c3ccc(F)c(OCC)c3)cc2)c2ccccc2c1O.C=C(O)CSc1cc(NS(=O)(=O)c2ccc(-c3ccc(F)cc3)c([N+](=O)[O-])c2)c2ccccc2c1O.C=C(O)CSc1cc(NS(=O)(=O)c2ccc(-c3ccc(OCC)cc3)cc2)c2ccccc2c1O. The molecular weight excluding hydrogens is 1490 g/mol. The van der Waals surface area contributed by atoms with Gasteiger partial charge in [0.05, 0.1) is 105 Å². The summed E-state index contributed by atoms with van der Waals surface area (Å²) in [6.45, 7) is 14.9. The lowest BCUT2D eigenvalue weighted by molar-refractivity contribution is -0.384. The van der Waals surface area contributed by atoms with E-state index < -0.39 is 52.3 Å². The number of halogens is 2. The van der Waals surface area contributed by atoms with E-state index in [1.165, 1.54) is 66.4 Å². The molecule has 28 heteroatoms.